The molecule has 0 unspecified atom stereocenters. The van der Waals surface area contributed by atoms with Crippen molar-refractivity contribution in [3.63, 3.8) is 0 Å². The van der Waals surface area contributed by atoms with Gasteiger partial charge in [0.2, 0.25) is 0 Å². The van der Waals surface area contributed by atoms with Gasteiger partial charge >= 0.3 is 0 Å². The highest BCUT2D eigenvalue weighted by molar-refractivity contribution is 6.50. The first-order chi connectivity index (χ1) is 40.1. The standard InChI is InChI=1S/C70H29N5O7/c76-64-39-20-12-29-30-10-11-33-31-13-21-41-59-42(67(79)73-66(41)78)23-18-37(53(31)59)55-46(26-45(54(30)61(33)55)35-14-22-40(65(77)72-64)58(39)51(29)35)47-27-48-60-44(68(80)74(70(48)82)28-6-2-1-3-7-28)25-16-34-32-15-24-43-57-38(19-17-36(52(32)57)56(47)62(34)60)63-71-49-8-4-5-9-50(49)75(63)69(43)81/h1-27H,(H,72,76,77)(H,73,78,79). The maximum absolute atomic E-state index is 15.8. The quantitative estimate of drug-likeness (QED) is 0.0981. The van der Waals surface area contributed by atoms with Gasteiger partial charge in [0.1, 0.15) is 5.65 Å². The summed E-state index contributed by atoms with van der Waals surface area (Å²) < 4.78 is 1.69. The van der Waals surface area contributed by atoms with Crippen molar-refractivity contribution in [2.24, 2.45) is 0 Å². The SMILES string of the molecule is O=C1NC(=O)c2ccc3c4cc(-c5cc6c7c(ccc8c9ccc%10c(=O)n%11c%12ccccc%12nc%11c%11ccc(c5c78)c9c%10%11)C(=O)N(c5ccccc5)C6=O)c5c6ccc7c8c(ccc(c9ccc(c%10ccc1c2c%103)c4c95)c86)C(=O)NC7=O. The molecule has 376 valence electrons. The van der Waals surface area contributed by atoms with E-state index in [-0.39, 0.29) is 5.56 Å². The molecule has 0 atom stereocenters. The summed E-state index contributed by atoms with van der Waals surface area (Å²) in [5.74, 6) is -2.91. The Bertz CT molecular complexity index is 6180. The smallest absolute Gasteiger partial charge is 0.266 e. The molecule has 82 heavy (non-hydrogen) atoms. The Balaban J connectivity index is 1.05. The van der Waals surface area contributed by atoms with Gasteiger partial charge in [0.05, 0.1) is 16.7 Å². The van der Waals surface area contributed by atoms with E-state index in [2.05, 4.69) is 34.9 Å². The number of para-hydroxylation sites is 3. The number of amides is 6. The summed E-state index contributed by atoms with van der Waals surface area (Å²) in [5.41, 5.74) is 5.69. The number of fused-ring (bicyclic) bond motifs is 10. The lowest BCUT2D eigenvalue weighted by Crippen LogP contribution is -2.40. The average Bonchev–Trinajstić information content (AvgIpc) is 1.17. The fourth-order valence-corrected chi connectivity index (χ4v) is 15.4. The van der Waals surface area contributed by atoms with Crippen LogP contribution in [0, 0.1) is 0 Å². The van der Waals surface area contributed by atoms with Gasteiger partial charge in [-0.2, -0.15) is 0 Å². The number of benzene rings is 15. The van der Waals surface area contributed by atoms with E-state index >= 15 is 14.4 Å². The molecule has 0 aliphatic carbocycles. The van der Waals surface area contributed by atoms with Crippen molar-refractivity contribution in [1.82, 2.24) is 20.0 Å². The molecule has 2 aromatic heterocycles. The minimum Gasteiger partial charge on any atom is -0.288 e. The van der Waals surface area contributed by atoms with Gasteiger partial charge in [-0.1, -0.05) is 84.9 Å². The Kier molecular flexibility index (Phi) is 7.18. The number of hydrogen-bond donors (Lipinski definition) is 2. The molecule has 0 saturated carbocycles. The zero-order valence-corrected chi connectivity index (χ0v) is 42.3. The molecule has 15 aromatic carbocycles. The molecular weight excluding hydrogens is 1020 g/mol. The molecule has 5 heterocycles. The Morgan fingerprint density at radius 2 is 0.695 bits per heavy atom. The van der Waals surface area contributed by atoms with E-state index in [0.717, 1.165) is 102 Å². The van der Waals surface area contributed by atoms with E-state index in [1.165, 1.54) is 4.90 Å². The number of hydrogen-bond acceptors (Lipinski definition) is 8. The van der Waals surface area contributed by atoms with Crippen LogP contribution in [0.4, 0.5) is 5.69 Å². The highest BCUT2D eigenvalue weighted by Gasteiger charge is 2.38. The molecular formula is C70H29N5O7. The Hall–Kier alpha value is -11.5. The van der Waals surface area contributed by atoms with Crippen LogP contribution >= 0.6 is 0 Å². The molecule has 12 nitrogen and oxygen atoms in total. The lowest BCUT2D eigenvalue weighted by atomic mass is 9.77. The Labute approximate surface area is 457 Å². The summed E-state index contributed by atoms with van der Waals surface area (Å²) >= 11 is 0. The fraction of sp³-hybridized carbons (Fsp3) is 0. The third kappa shape index (κ3) is 4.63. The third-order valence-corrected chi connectivity index (χ3v) is 18.6. The van der Waals surface area contributed by atoms with Gasteiger partial charge in [-0.05, 0) is 187 Å². The van der Waals surface area contributed by atoms with Crippen LogP contribution in [0.2, 0.25) is 0 Å². The van der Waals surface area contributed by atoms with Crippen LogP contribution in [0.5, 0.6) is 0 Å². The average molecular weight is 1050 g/mol. The maximum Gasteiger partial charge on any atom is 0.266 e. The second-order valence-corrected chi connectivity index (χ2v) is 22.1. The summed E-state index contributed by atoms with van der Waals surface area (Å²) in [4.78, 5) is 107. The largest absolute Gasteiger partial charge is 0.288 e. The molecule has 0 saturated heterocycles. The van der Waals surface area contributed by atoms with E-state index in [0.29, 0.717) is 93.8 Å². The van der Waals surface area contributed by atoms with Gasteiger partial charge in [0, 0.05) is 65.7 Å². The second kappa shape index (κ2) is 13.8. The number of imidazole rings is 1. The fourth-order valence-electron chi connectivity index (χ4n) is 15.4. The highest BCUT2D eigenvalue weighted by Crippen LogP contribution is 2.56. The lowest BCUT2D eigenvalue weighted by Gasteiger charge is -2.30. The molecule has 0 bridgehead atoms. The third-order valence-electron chi connectivity index (χ3n) is 18.6. The van der Waals surface area contributed by atoms with Gasteiger partial charge in [-0.25, -0.2) is 9.88 Å². The number of nitrogens with one attached hydrogen (secondary N) is 2. The van der Waals surface area contributed by atoms with Crippen molar-refractivity contribution >= 4 is 187 Å². The molecule has 0 spiro atoms. The molecule has 12 heteroatoms. The van der Waals surface area contributed by atoms with Crippen LogP contribution in [0.15, 0.2) is 169 Å². The summed E-state index contributed by atoms with van der Waals surface area (Å²) in [6, 6.07) is 51.5. The van der Waals surface area contributed by atoms with Crippen LogP contribution in [0.3, 0.4) is 0 Å². The molecule has 0 fully saturated rings. The van der Waals surface area contributed by atoms with Crippen molar-refractivity contribution in [2.45, 2.75) is 0 Å². The zero-order valence-electron chi connectivity index (χ0n) is 42.3. The maximum atomic E-state index is 15.8. The van der Waals surface area contributed by atoms with Gasteiger partial charge in [-0.3, -0.25) is 48.6 Å². The van der Waals surface area contributed by atoms with E-state index in [1.807, 2.05) is 91.0 Å². The number of imide groups is 3. The lowest BCUT2D eigenvalue weighted by molar-refractivity contribution is 0.0828. The van der Waals surface area contributed by atoms with Crippen molar-refractivity contribution < 1.29 is 28.8 Å². The minimum atomic E-state index is -0.502. The van der Waals surface area contributed by atoms with Gasteiger partial charge in [-0.15, -0.1) is 0 Å². The van der Waals surface area contributed by atoms with E-state index in [9.17, 15) is 19.2 Å². The zero-order chi connectivity index (χ0) is 54.2. The van der Waals surface area contributed by atoms with E-state index in [1.54, 1.807) is 52.9 Å². The van der Waals surface area contributed by atoms with E-state index < -0.39 is 35.4 Å². The predicted molar refractivity (Wildman–Crippen MR) is 320 cm³/mol. The van der Waals surface area contributed by atoms with Crippen molar-refractivity contribution in [3.8, 4) is 11.1 Å². The molecule has 0 radical (unpaired) electrons. The minimum absolute atomic E-state index is 0.208. The second-order valence-electron chi connectivity index (χ2n) is 22.1. The number of pyridine rings is 1. The highest BCUT2D eigenvalue weighted by atomic mass is 16.2. The predicted octanol–water partition coefficient (Wildman–Crippen LogP) is 13.7. The summed E-state index contributed by atoms with van der Waals surface area (Å²) in [7, 11) is 0. The van der Waals surface area contributed by atoms with Crippen LogP contribution in [0.25, 0.3) is 157 Å². The van der Waals surface area contributed by atoms with E-state index in [4.69, 9.17) is 4.98 Å². The van der Waals surface area contributed by atoms with Crippen LogP contribution in [-0.2, 0) is 0 Å². The normalized spacial score (nSPS) is 14.7. The molecule has 2 N–H and O–H groups in total. The number of rotatable bonds is 2. The number of nitrogens with zero attached hydrogens (tertiary/aromatic N) is 3. The van der Waals surface area contributed by atoms with Crippen LogP contribution in [0.1, 0.15) is 62.1 Å². The Morgan fingerprint density at radius 3 is 1.32 bits per heavy atom. The summed E-state index contributed by atoms with van der Waals surface area (Å²) in [5, 5.41) is 23.3. The summed E-state index contributed by atoms with van der Waals surface area (Å²) in [6.07, 6.45) is 0. The summed E-state index contributed by atoms with van der Waals surface area (Å²) in [6.45, 7) is 0. The monoisotopic (exact) mass is 1050 g/mol. The number of carbonyl (C=O) groups excluding carboxylic acids is 6. The Morgan fingerprint density at radius 1 is 0.293 bits per heavy atom. The molecule has 3 aliphatic rings. The topological polar surface area (TPSA) is 164 Å². The molecule has 17 aromatic rings. The van der Waals surface area contributed by atoms with Crippen molar-refractivity contribution in [3.05, 3.63) is 208 Å². The first-order valence-electron chi connectivity index (χ1n) is 26.9. The molecule has 6 amide bonds. The first kappa shape index (κ1) is 42.5. The first-order valence-corrected chi connectivity index (χ1v) is 26.9. The van der Waals surface area contributed by atoms with Crippen molar-refractivity contribution in [1.29, 1.82) is 0 Å². The van der Waals surface area contributed by atoms with Crippen molar-refractivity contribution in [2.75, 3.05) is 4.90 Å². The van der Waals surface area contributed by atoms with Crippen LogP contribution in [-0.4, -0.2) is 44.8 Å². The number of aromatic nitrogens is 2. The van der Waals surface area contributed by atoms with Gasteiger partial charge < -0.3 is 0 Å². The molecule has 3 aliphatic heterocycles. The number of anilines is 1. The molecule has 20 rings (SSSR count). The van der Waals surface area contributed by atoms with Crippen LogP contribution < -0.4 is 21.1 Å². The number of carbonyl (C=O) groups is 6. The van der Waals surface area contributed by atoms with Gasteiger partial charge in [0.15, 0.2) is 0 Å². The van der Waals surface area contributed by atoms with Gasteiger partial charge in [0.25, 0.3) is 41.0 Å².